The van der Waals surface area contributed by atoms with Crippen molar-refractivity contribution in [1.82, 2.24) is 10.2 Å². The van der Waals surface area contributed by atoms with Crippen LogP contribution in [-0.4, -0.2) is 17.5 Å². The molecule has 2 aromatic carbocycles. The number of amides is 2. The molecule has 0 radical (unpaired) electrons. The molecular formula is C18H18F2N2O. The lowest BCUT2D eigenvalue weighted by Crippen LogP contribution is -2.39. The summed E-state index contributed by atoms with van der Waals surface area (Å²) in [6.45, 7) is 1.03. The molecule has 0 aromatic heterocycles. The maximum absolute atomic E-state index is 13.0. The van der Waals surface area contributed by atoms with E-state index in [1.807, 2.05) is 0 Å². The SMILES string of the molecule is O=C(NCc1ccc(F)cc1)N1CCCC1c1ccc(F)cc1. The molecule has 3 nitrogen and oxygen atoms in total. The number of nitrogens with one attached hydrogen (secondary N) is 1. The van der Waals surface area contributed by atoms with E-state index in [0.29, 0.717) is 13.1 Å². The molecular weight excluding hydrogens is 298 g/mol. The molecule has 1 atom stereocenters. The highest BCUT2D eigenvalue weighted by Crippen LogP contribution is 2.31. The van der Waals surface area contributed by atoms with Crippen LogP contribution in [0.25, 0.3) is 0 Å². The number of hydrogen-bond acceptors (Lipinski definition) is 1. The standard InChI is InChI=1S/C18H18F2N2O/c19-15-7-3-13(4-8-15)12-21-18(23)22-11-1-2-17(22)14-5-9-16(20)10-6-14/h3-10,17H,1-2,11-12H2,(H,21,23). The molecule has 1 saturated heterocycles. The van der Waals surface area contributed by atoms with Crippen molar-refractivity contribution in [3.63, 3.8) is 0 Å². The maximum Gasteiger partial charge on any atom is 0.318 e. The van der Waals surface area contributed by atoms with E-state index < -0.39 is 0 Å². The van der Waals surface area contributed by atoms with Crippen molar-refractivity contribution < 1.29 is 13.6 Å². The van der Waals surface area contributed by atoms with Gasteiger partial charge in [0.2, 0.25) is 0 Å². The number of hydrogen-bond donors (Lipinski definition) is 1. The Morgan fingerprint density at radius 2 is 1.65 bits per heavy atom. The van der Waals surface area contributed by atoms with Gasteiger partial charge in [0, 0.05) is 13.1 Å². The van der Waals surface area contributed by atoms with Gasteiger partial charge in [-0.1, -0.05) is 24.3 Å². The Kier molecular flexibility index (Phi) is 4.55. The lowest BCUT2D eigenvalue weighted by molar-refractivity contribution is 0.192. The van der Waals surface area contributed by atoms with Crippen molar-refractivity contribution in [2.45, 2.75) is 25.4 Å². The van der Waals surface area contributed by atoms with Crippen LogP contribution in [0.2, 0.25) is 0 Å². The third kappa shape index (κ3) is 3.67. The minimum absolute atomic E-state index is 0.0242. The van der Waals surface area contributed by atoms with E-state index in [4.69, 9.17) is 0 Å². The second-order valence-corrected chi connectivity index (χ2v) is 5.69. The van der Waals surface area contributed by atoms with Crippen molar-refractivity contribution >= 4 is 6.03 Å². The summed E-state index contributed by atoms with van der Waals surface area (Å²) < 4.78 is 25.9. The molecule has 1 aliphatic rings. The Morgan fingerprint density at radius 1 is 1.04 bits per heavy atom. The first-order valence-electron chi connectivity index (χ1n) is 7.68. The van der Waals surface area contributed by atoms with Gasteiger partial charge < -0.3 is 10.2 Å². The zero-order valence-corrected chi connectivity index (χ0v) is 12.6. The summed E-state index contributed by atoms with van der Waals surface area (Å²) in [6.07, 6.45) is 1.79. The zero-order valence-electron chi connectivity index (χ0n) is 12.6. The Labute approximate surface area is 133 Å². The molecule has 0 spiro atoms. The number of urea groups is 1. The third-order valence-corrected chi connectivity index (χ3v) is 4.13. The fraction of sp³-hybridized carbons (Fsp3) is 0.278. The van der Waals surface area contributed by atoms with E-state index in [-0.39, 0.29) is 23.7 Å². The molecule has 0 bridgehead atoms. The van der Waals surface area contributed by atoms with Crippen molar-refractivity contribution in [3.8, 4) is 0 Å². The maximum atomic E-state index is 13.0. The van der Waals surface area contributed by atoms with Gasteiger partial charge in [0.1, 0.15) is 11.6 Å². The van der Waals surface area contributed by atoms with Crippen LogP contribution in [0.1, 0.15) is 30.0 Å². The average Bonchev–Trinajstić information content (AvgIpc) is 3.04. The number of halogens is 2. The van der Waals surface area contributed by atoms with E-state index in [2.05, 4.69) is 5.32 Å². The molecule has 1 heterocycles. The lowest BCUT2D eigenvalue weighted by atomic mass is 10.0. The smallest absolute Gasteiger partial charge is 0.318 e. The summed E-state index contributed by atoms with van der Waals surface area (Å²) in [6, 6.07) is 12.2. The highest BCUT2D eigenvalue weighted by molar-refractivity contribution is 5.75. The van der Waals surface area contributed by atoms with Gasteiger partial charge in [-0.25, -0.2) is 13.6 Å². The summed E-state index contributed by atoms with van der Waals surface area (Å²) in [5.41, 5.74) is 1.79. The monoisotopic (exact) mass is 316 g/mol. The lowest BCUT2D eigenvalue weighted by Gasteiger charge is -2.25. The largest absolute Gasteiger partial charge is 0.334 e. The first-order valence-corrected chi connectivity index (χ1v) is 7.68. The zero-order chi connectivity index (χ0) is 16.2. The molecule has 23 heavy (non-hydrogen) atoms. The fourth-order valence-corrected chi connectivity index (χ4v) is 2.92. The van der Waals surface area contributed by atoms with Gasteiger partial charge in [-0.15, -0.1) is 0 Å². The molecule has 0 saturated carbocycles. The van der Waals surface area contributed by atoms with Crippen LogP contribution >= 0.6 is 0 Å². The van der Waals surface area contributed by atoms with Crippen molar-refractivity contribution in [1.29, 1.82) is 0 Å². The van der Waals surface area contributed by atoms with Gasteiger partial charge in [-0.05, 0) is 48.2 Å². The summed E-state index contributed by atoms with van der Waals surface area (Å²) in [5, 5.41) is 2.86. The molecule has 1 fully saturated rings. The van der Waals surface area contributed by atoms with Crippen molar-refractivity contribution in [2.75, 3.05) is 6.54 Å². The number of nitrogens with zero attached hydrogens (tertiary/aromatic N) is 1. The van der Waals surface area contributed by atoms with Crippen LogP contribution in [0, 0.1) is 11.6 Å². The molecule has 1 unspecified atom stereocenters. The minimum Gasteiger partial charge on any atom is -0.334 e. The Bertz CT molecular complexity index is 670. The fourth-order valence-electron chi connectivity index (χ4n) is 2.92. The number of benzene rings is 2. The van der Waals surface area contributed by atoms with Crippen LogP contribution < -0.4 is 5.32 Å². The van der Waals surface area contributed by atoms with Gasteiger partial charge in [0.25, 0.3) is 0 Å². The van der Waals surface area contributed by atoms with Gasteiger partial charge in [-0.3, -0.25) is 0 Å². The van der Waals surface area contributed by atoms with Crippen LogP contribution in [-0.2, 0) is 6.54 Å². The van der Waals surface area contributed by atoms with E-state index in [1.54, 1.807) is 29.2 Å². The second-order valence-electron chi connectivity index (χ2n) is 5.69. The van der Waals surface area contributed by atoms with Gasteiger partial charge >= 0.3 is 6.03 Å². The van der Waals surface area contributed by atoms with Gasteiger partial charge in [-0.2, -0.15) is 0 Å². The number of carbonyl (C=O) groups excluding carboxylic acids is 1. The molecule has 0 aliphatic carbocycles. The number of likely N-dealkylation sites (tertiary alicyclic amines) is 1. The van der Waals surface area contributed by atoms with Crippen LogP contribution in [0.5, 0.6) is 0 Å². The summed E-state index contributed by atoms with van der Waals surface area (Å²) in [7, 11) is 0. The topological polar surface area (TPSA) is 32.3 Å². The Balaban J connectivity index is 1.63. The number of carbonyl (C=O) groups is 1. The first kappa shape index (κ1) is 15.5. The minimum atomic E-state index is -0.295. The molecule has 2 amide bonds. The predicted octanol–water partition coefficient (Wildman–Crippen LogP) is 4.01. The van der Waals surface area contributed by atoms with Gasteiger partial charge in [0.05, 0.1) is 6.04 Å². The van der Waals surface area contributed by atoms with E-state index in [1.165, 1.54) is 24.3 Å². The van der Waals surface area contributed by atoms with Gasteiger partial charge in [0.15, 0.2) is 0 Å². The number of rotatable bonds is 3. The normalized spacial score (nSPS) is 17.3. The molecule has 5 heteroatoms. The first-order chi connectivity index (χ1) is 11.1. The van der Waals surface area contributed by atoms with Crippen LogP contribution in [0.3, 0.4) is 0 Å². The third-order valence-electron chi connectivity index (χ3n) is 4.13. The molecule has 1 aliphatic heterocycles. The summed E-state index contributed by atoms with van der Waals surface area (Å²) >= 11 is 0. The highest BCUT2D eigenvalue weighted by atomic mass is 19.1. The quantitative estimate of drug-likeness (QED) is 0.911. The Morgan fingerprint density at radius 3 is 2.30 bits per heavy atom. The predicted molar refractivity (Wildman–Crippen MR) is 83.7 cm³/mol. The van der Waals surface area contributed by atoms with E-state index in [0.717, 1.165) is 24.0 Å². The molecule has 2 aromatic rings. The van der Waals surface area contributed by atoms with E-state index in [9.17, 15) is 13.6 Å². The summed E-state index contributed by atoms with van der Waals surface area (Å²) in [5.74, 6) is -0.574. The molecule has 3 rings (SSSR count). The second kappa shape index (κ2) is 6.77. The average molecular weight is 316 g/mol. The summed E-state index contributed by atoms with van der Waals surface area (Å²) in [4.78, 5) is 14.2. The highest BCUT2D eigenvalue weighted by Gasteiger charge is 2.29. The van der Waals surface area contributed by atoms with Crippen molar-refractivity contribution in [2.24, 2.45) is 0 Å². The van der Waals surface area contributed by atoms with Crippen LogP contribution in [0.4, 0.5) is 13.6 Å². The van der Waals surface area contributed by atoms with E-state index >= 15 is 0 Å². The van der Waals surface area contributed by atoms with Crippen molar-refractivity contribution in [3.05, 3.63) is 71.3 Å². The Hall–Kier alpha value is -2.43. The molecule has 1 N–H and O–H groups in total. The van der Waals surface area contributed by atoms with Crippen LogP contribution in [0.15, 0.2) is 48.5 Å². The molecule has 120 valence electrons.